The number of fused-ring (bicyclic) bond motifs is 1. The van der Waals surface area contributed by atoms with Gasteiger partial charge in [0.25, 0.3) is 5.56 Å². The zero-order chi connectivity index (χ0) is 21.8. The number of aryl methyl sites for hydroxylation is 1. The fraction of sp³-hybridized carbons (Fsp3) is 0.227. The second-order valence-corrected chi connectivity index (χ2v) is 7.94. The molecular weight excluding hydrogens is 412 g/mol. The second-order valence-electron chi connectivity index (χ2n) is 7.00. The van der Waals surface area contributed by atoms with E-state index in [-0.39, 0.29) is 17.9 Å². The normalized spacial score (nSPS) is 11.0. The van der Waals surface area contributed by atoms with Crippen LogP contribution in [0.2, 0.25) is 0 Å². The Hall–Kier alpha value is -3.46. The molecule has 0 saturated carbocycles. The molecule has 4 rings (SSSR count). The van der Waals surface area contributed by atoms with Crippen molar-refractivity contribution in [1.82, 2.24) is 24.7 Å². The van der Waals surface area contributed by atoms with Crippen molar-refractivity contribution in [3.63, 3.8) is 0 Å². The summed E-state index contributed by atoms with van der Waals surface area (Å²) in [6.45, 7) is 4.56. The SMILES string of the molecule is CCn1c(CC(=O)Nc2ccccc2C)nnc1SCc1nc2ccccc2c(=O)[nH]1. The van der Waals surface area contributed by atoms with Crippen molar-refractivity contribution in [2.45, 2.75) is 37.7 Å². The molecule has 0 unspecified atom stereocenters. The lowest BCUT2D eigenvalue weighted by Gasteiger charge is -2.09. The number of aromatic amines is 1. The van der Waals surface area contributed by atoms with E-state index in [1.165, 1.54) is 11.8 Å². The number of hydrogen-bond donors (Lipinski definition) is 2. The molecule has 2 N–H and O–H groups in total. The van der Waals surface area contributed by atoms with Crippen LogP contribution in [0.4, 0.5) is 5.69 Å². The molecule has 0 fully saturated rings. The molecule has 0 bridgehead atoms. The predicted octanol–water partition coefficient (Wildman–Crippen LogP) is 3.32. The number of thioether (sulfide) groups is 1. The molecular formula is C22H22N6O2S. The number of aromatic nitrogens is 5. The maximum absolute atomic E-state index is 12.5. The number of H-pyrrole nitrogens is 1. The van der Waals surface area contributed by atoms with E-state index in [1.807, 2.05) is 60.9 Å². The van der Waals surface area contributed by atoms with Crippen LogP contribution in [0, 0.1) is 6.92 Å². The quantitative estimate of drug-likeness (QED) is 0.432. The Bertz CT molecular complexity index is 1300. The van der Waals surface area contributed by atoms with Crippen LogP contribution < -0.4 is 10.9 Å². The van der Waals surface area contributed by atoms with Crippen LogP contribution in [0.25, 0.3) is 10.9 Å². The molecule has 0 aliphatic rings. The third kappa shape index (κ3) is 4.66. The van der Waals surface area contributed by atoms with E-state index >= 15 is 0 Å². The second kappa shape index (κ2) is 9.13. The Morgan fingerprint density at radius 2 is 1.90 bits per heavy atom. The average molecular weight is 435 g/mol. The summed E-state index contributed by atoms with van der Waals surface area (Å²) in [6, 6.07) is 14.9. The number of para-hydroxylation sites is 2. The maximum Gasteiger partial charge on any atom is 0.258 e. The average Bonchev–Trinajstić information content (AvgIpc) is 3.15. The first-order chi connectivity index (χ1) is 15.0. The molecule has 0 atom stereocenters. The van der Waals surface area contributed by atoms with Gasteiger partial charge in [0, 0.05) is 12.2 Å². The fourth-order valence-corrected chi connectivity index (χ4v) is 4.15. The first-order valence-corrected chi connectivity index (χ1v) is 10.9. The summed E-state index contributed by atoms with van der Waals surface area (Å²) in [5.74, 6) is 1.45. The Kier molecular flexibility index (Phi) is 6.13. The minimum Gasteiger partial charge on any atom is -0.325 e. The van der Waals surface area contributed by atoms with Gasteiger partial charge in [0.1, 0.15) is 11.6 Å². The van der Waals surface area contributed by atoms with E-state index < -0.39 is 0 Å². The Morgan fingerprint density at radius 3 is 2.71 bits per heavy atom. The van der Waals surface area contributed by atoms with Gasteiger partial charge in [-0.3, -0.25) is 9.59 Å². The molecule has 2 aromatic heterocycles. The fourth-order valence-electron chi connectivity index (χ4n) is 3.26. The lowest BCUT2D eigenvalue weighted by atomic mass is 10.2. The molecule has 0 saturated heterocycles. The van der Waals surface area contributed by atoms with Gasteiger partial charge in [0.05, 0.1) is 23.1 Å². The van der Waals surface area contributed by atoms with Crippen molar-refractivity contribution in [2.75, 3.05) is 5.32 Å². The standard InChI is InChI=1S/C22H22N6O2S/c1-3-28-19(12-20(29)24-16-10-6-4-8-14(16)2)26-27-22(28)31-13-18-23-17-11-7-5-9-15(17)21(30)25-18/h4-11H,3,12-13H2,1-2H3,(H,24,29)(H,23,25,30). The largest absolute Gasteiger partial charge is 0.325 e. The van der Waals surface area contributed by atoms with E-state index in [0.717, 1.165) is 11.3 Å². The molecule has 9 heteroatoms. The van der Waals surface area contributed by atoms with Crippen LogP contribution in [0.5, 0.6) is 0 Å². The first-order valence-electron chi connectivity index (χ1n) is 9.93. The number of anilines is 1. The molecule has 0 radical (unpaired) electrons. The topological polar surface area (TPSA) is 106 Å². The summed E-state index contributed by atoms with van der Waals surface area (Å²) in [7, 11) is 0. The maximum atomic E-state index is 12.5. The van der Waals surface area contributed by atoms with Gasteiger partial charge >= 0.3 is 0 Å². The number of hydrogen-bond acceptors (Lipinski definition) is 6. The molecule has 4 aromatic rings. The number of benzene rings is 2. The van der Waals surface area contributed by atoms with E-state index in [1.54, 1.807) is 6.07 Å². The molecule has 2 heterocycles. The summed E-state index contributed by atoms with van der Waals surface area (Å²) >= 11 is 1.42. The molecule has 0 aliphatic heterocycles. The molecule has 31 heavy (non-hydrogen) atoms. The van der Waals surface area contributed by atoms with E-state index in [0.29, 0.717) is 40.0 Å². The van der Waals surface area contributed by atoms with Gasteiger partial charge in [0.2, 0.25) is 5.91 Å². The van der Waals surface area contributed by atoms with Crippen LogP contribution >= 0.6 is 11.8 Å². The van der Waals surface area contributed by atoms with Gasteiger partial charge in [-0.25, -0.2) is 4.98 Å². The molecule has 1 amide bonds. The summed E-state index contributed by atoms with van der Waals surface area (Å²) in [6.07, 6.45) is 0.126. The Balaban J connectivity index is 1.46. The van der Waals surface area contributed by atoms with Gasteiger partial charge in [-0.2, -0.15) is 0 Å². The van der Waals surface area contributed by atoms with Gasteiger partial charge in [-0.15, -0.1) is 10.2 Å². The van der Waals surface area contributed by atoms with Crippen molar-refractivity contribution in [1.29, 1.82) is 0 Å². The summed E-state index contributed by atoms with van der Waals surface area (Å²) < 4.78 is 1.90. The number of carbonyl (C=O) groups is 1. The highest BCUT2D eigenvalue weighted by Gasteiger charge is 2.16. The van der Waals surface area contributed by atoms with Crippen LogP contribution in [-0.4, -0.2) is 30.6 Å². The summed E-state index contributed by atoms with van der Waals surface area (Å²) in [4.78, 5) is 32.1. The van der Waals surface area contributed by atoms with E-state index in [2.05, 4.69) is 25.5 Å². The highest BCUT2D eigenvalue weighted by atomic mass is 32.2. The van der Waals surface area contributed by atoms with Crippen LogP contribution in [0.15, 0.2) is 58.5 Å². The highest BCUT2D eigenvalue weighted by Crippen LogP contribution is 2.21. The third-order valence-corrected chi connectivity index (χ3v) is 5.83. The minimum atomic E-state index is -0.160. The zero-order valence-electron chi connectivity index (χ0n) is 17.3. The van der Waals surface area contributed by atoms with Crippen molar-refractivity contribution in [3.05, 3.63) is 76.1 Å². The van der Waals surface area contributed by atoms with Gasteiger partial charge in [0.15, 0.2) is 5.16 Å². The van der Waals surface area contributed by atoms with Crippen molar-refractivity contribution in [3.8, 4) is 0 Å². The Labute approximate surface area is 183 Å². The number of nitrogens with one attached hydrogen (secondary N) is 2. The first kappa shape index (κ1) is 20.8. The summed E-state index contributed by atoms with van der Waals surface area (Å²) in [5, 5.41) is 12.6. The third-order valence-electron chi connectivity index (χ3n) is 4.85. The minimum absolute atomic E-state index is 0.126. The van der Waals surface area contributed by atoms with Crippen LogP contribution in [0.3, 0.4) is 0 Å². The molecule has 0 spiro atoms. The highest BCUT2D eigenvalue weighted by molar-refractivity contribution is 7.98. The van der Waals surface area contributed by atoms with Gasteiger partial charge < -0.3 is 14.9 Å². The molecule has 2 aromatic carbocycles. The lowest BCUT2D eigenvalue weighted by molar-refractivity contribution is -0.115. The molecule has 0 aliphatic carbocycles. The monoisotopic (exact) mass is 434 g/mol. The van der Waals surface area contributed by atoms with Crippen molar-refractivity contribution >= 4 is 34.3 Å². The smallest absolute Gasteiger partial charge is 0.258 e. The number of nitrogens with zero attached hydrogens (tertiary/aromatic N) is 4. The van der Waals surface area contributed by atoms with Crippen LogP contribution in [-0.2, 0) is 23.5 Å². The lowest BCUT2D eigenvalue weighted by Crippen LogP contribution is -2.18. The van der Waals surface area contributed by atoms with Crippen molar-refractivity contribution in [2.24, 2.45) is 0 Å². The van der Waals surface area contributed by atoms with Crippen LogP contribution in [0.1, 0.15) is 24.1 Å². The summed E-state index contributed by atoms with van der Waals surface area (Å²) in [5.41, 5.74) is 2.29. The number of amides is 1. The number of rotatable bonds is 7. The zero-order valence-corrected chi connectivity index (χ0v) is 18.1. The van der Waals surface area contributed by atoms with E-state index in [9.17, 15) is 9.59 Å². The Morgan fingerprint density at radius 1 is 1.13 bits per heavy atom. The predicted molar refractivity (Wildman–Crippen MR) is 121 cm³/mol. The van der Waals surface area contributed by atoms with E-state index in [4.69, 9.17) is 0 Å². The molecule has 158 valence electrons. The number of carbonyl (C=O) groups excluding carboxylic acids is 1. The van der Waals surface area contributed by atoms with Gasteiger partial charge in [-0.05, 0) is 37.6 Å². The van der Waals surface area contributed by atoms with Gasteiger partial charge in [-0.1, -0.05) is 42.1 Å². The van der Waals surface area contributed by atoms with Crippen molar-refractivity contribution < 1.29 is 4.79 Å². The molecule has 8 nitrogen and oxygen atoms in total.